The summed E-state index contributed by atoms with van der Waals surface area (Å²) >= 11 is 5.34. The molecule has 1 N–H and O–H groups in total. The number of halogens is 4. The molecule has 1 fully saturated rings. The van der Waals surface area contributed by atoms with E-state index in [-0.39, 0.29) is 31.5 Å². The van der Waals surface area contributed by atoms with E-state index < -0.39 is 22.7 Å². The van der Waals surface area contributed by atoms with Crippen LogP contribution in [0.25, 0.3) is 0 Å². The lowest BCUT2D eigenvalue weighted by Gasteiger charge is -2.37. The van der Waals surface area contributed by atoms with E-state index in [1.165, 1.54) is 17.0 Å². The fourth-order valence-electron chi connectivity index (χ4n) is 2.33. The Kier molecular flexibility index (Phi) is 6.26. The van der Waals surface area contributed by atoms with Gasteiger partial charge >= 0.3 is 11.5 Å². The van der Waals surface area contributed by atoms with Crippen LogP contribution >= 0.6 is 11.6 Å². The maximum absolute atomic E-state index is 12.7. The van der Waals surface area contributed by atoms with Crippen molar-refractivity contribution in [3.8, 4) is 0 Å². The van der Waals surface area contributed by atoms with Crippen molar-refractivity contribution in [1.82, 2.24) is 4.90 Å². The van der Waals surface area contributed by atoms with Crippen LogP contribution in [0.1, 0.15) is 37.8 Å². The molecule has 3 nitrogen and oxygen atoms in total. The number of amides is 1. The third kappa shape index (κ3) is 4.36. The number of nitrogens with zero attached hydrogens (tertiary/aromatic N) is 1. The molecule has 0 aromatic heterocycles. The predicted octanol–water partition coefficient (Wildman–Crippen LogP) is 4.37. The minimum Gasteiger partial charge on any atom is -0.385 e. The van der Waals surface area contributed by atoms with Crippen LogP contribution in [-0.4, -0.2) is 28.5 Å². The number of carbonyl (C=O) groups excluding carboxylic acids is 1. The average molecular weight is 338 g/mol. The fraction of sp³-hybridized carbons (Fsp3) is 0.533. The first kappa shape index (κ1) is 18.8. The molecule has 2 rings (SSSR count). The summed E-state index contributed by atoms with van der Waals surface area (Å²) in [5.41, 5.74) is -1.93. The molecule has 1 aromatic carbocycles. The minimum absolute atomic E-state index is 0.159. The standard InChI is InChI=1S/C13H13ClF3NO2.C2H6/c14-11(19)18-6-4-12(20,5-7-18)9-2-1-3-10(8-9)13(15,16)17;1-2/h1-3,8,20H,4-7H2;1-2H3. The number of aliphatic hydroxyl groups is 1. The number of rotatable bonds is 1. The summed E-state index contributed by atoms with van der Waals surface area (Å²) in [6, 6.07) is 4.66. The summed E-state index contributed by atoms with van der Waals surface area (Å²) < 4.78 is 38.0. The Balaban J connectivity index is 0.00000116. The molecule has 0 spiro atoms. The Morgan fingerprint density at radius 3 is 2.27 bits per heavy atom. The van der Waals surface area contributed by atoms with Gasteiger partial charge in [-0.25, -0.2) is 0 Å². The van der Waals surface area contributed by atoms with Gasteiger partial charge in [-0.05, 0) is 42.1 Å². The zero-order valence-corrected chi connectivity index (χ0v) is 13.2. The number of hydrogen-bond acceptors (Lipinski definition) is 2. The van der Waals surface area contributed by atoms with E-state index in [2.05, 4.69) is 0 Å². The first-order valence-electron chi connectivity index (χ1n) is 7.07. The maximum atomic E-state index is 12.7. The third-order valence-corrected chi connectivity index (χ3v) is 3.81. The number of benzene rings is 1. The highest BCUT2D eigenvalue weighted by Crippen LogP contribution is 2.36. The van der Waals surface area contributed by atoms with Crippen LogP contribution in [-0.2, 0) is 11.8 Å². The van der Waals surface area contributed by atoms with Gasteiger partial charge in [-0.15, -0.1) is 0 Å². The Morgan fingerprint density at radius 2 is 1.82 bits per heavy atom. The van der Waals surface area contributed by atoms with Gasteiger partial charge in [0, 0.05) is 13.1 Å². The van der Waals surface area contributed by atoms with Crippen molar-refractivity contribution in [2.45, 2.75) is 38.5 Å². The van der Waals surface area contributed by atoms with Crippen LogP contribution in [0.2, 0.25) is 0 Å². The maximum Gasteiger partial charge on any atom is 0.416 e. The van der Waals surface area contributed by atoms with E-state index in [1.807, 2.05) is 13.8 Å². The van der Waals surface area contributed by atoms with E-state index in [0.29, 0.717) is 0 Å². The molecule has 124 valence electrons. The average Bonchev–Trinajstić information content (AvgIpc) is 2.49. The Labute approximate surface area is 132 Å². The van der Waals surface area contributed by atoms with Crippen molar-refractivity contribution in [3.63, 3.8) is 0 Å². The molecule has 0 bridgehead atoms. The number of carbonyl (C=O) groups is 1. The van der Waals surface area contributed by atoms with Gasteiger partial charge in [0.1, 0.15) is 0 Å². The number of likely N-dealkylation sites (tertiary alicyclic amines) is 1. The second kappa shape index (κ2) is 7.33. The monoisotopic (exact) mass is 337 g/mol. The molecule has 0 radical (unpaired) electrons. The molecule has 0 atom stereocenters. The fourth-order valence-corrected chi connectivity index (χ4v) is 2.50. The Bertz CT molecular complexity index is 512. The van der Waals surface area contributed by atoms with Crippen LogP contribution in [0.4, 0.5) is 18.0 Å². The van der Waals surface area contributed by atoms with Gasteiger partial charge in [0.05, 0.1) is 11.2 Å². The van der Waals surface area contributed by atoms with Crippen molar-refractivity contribution in [3.05, 3.63) is 35.4 Å². The quantitative estimate of drug-likeness (QED) is 0.610. The van der Waals surface area contributed by atoms with Gasteiger partial charge < -0.3 is 10.0 Å². The van der Waals surface area contributed by atoms with Crippen molar-refractivity contribution in [2.75, 3.05) is 13.1 Å². The number of alkyl halides is 3. The van der Waals surface area contributed by atoms with Gasteiger partial charge in [0.2, 0.25) is 0 Å². The minimum atomic E-state index is -4.45. The van der Waals surface area contributed by atoms with Gasteiger partial charge in [0.15, 0.2) is 0 Å². The smallest absolute Gasteiger partial charge is 0.385 e. The molecule has 1 saturated heterocycles. The summed E-state index contributed by atoms with van der Waals surface area (Å²) in [5.74, 6) is 0. The second-order valence-electron chi connectivity index (χ2n) is 4.85. The topological polar surface area (TPSA) is 40.5 Å². The van der Waals surface area contributed by atoms with E-state index in [0.717, 1.165) is 12.1 Å². The number of hydrogen-bond donors (Lipinski definition) is 1. The largest absolute Gasteiger partial charge is 0.416 e. The lowest BCUT2D eigenvalue weighted by molar-refractivity contribution is -0.137. The molecule has 0 unspecified atom stereocenters. The van der Waals surface area contributed by atoms with E-state index in [4.69, 9.17) is 11.6 Å². The summed E-state index contributed by atoms with van der Waals surface area (Å²) in [7, 11) is 0. The highest BCUT2D eigenvalue weighted by Gasteiger charge is 2.37. The van der Waals surface area contributed by atoms with Gasteiger partial charge in [-0.1, -0.05) is 26.0 Å². The normalized spacial score (nSPS) is 17.5. The summed E-state index contributed by atoms with van der Waals surface area (Å²) in [4.78, 5) is 12.3. The SMILES string of the molecule is CC.O=C(Cl)N1CCC(O)(c2cccc(C(F)(F)F)c2)CC1. The van der Waals surface area contributed by atoms with Gasteiger partial charge in [0.25, 0.3) is 0 Å². The molecule has 1 aromatic rings. The molecular formula is C15H19ClF3NO2. The Morgan fingerprint density at radius 1 is 1.27 bits per heavy atom. The molecular weight excluding hydrogens is 319 g/mol. The molecule has 0 aliphatic carbocycles. The van der Waals surface area contributed by atoms with Crippen molar-refractivity contribution in [2.24, 2.45) is 0 Å². The highest BCUT2D eigenvalue weighted by molar-refractivity contribution is 6.62. The van der Waals surface area contributed by atoms with Crippen LogP contribution in [0.5, 0.6) is 0 Å². The van der Waals surface area contributed by atoms with E-state index in [1.54, 1.807) is 0 Å². The van der Waals surface area contributed by atoms with Crippen LogP contribution < -0.4 is 0 Å². The van der Waals surface area contributed by atoms with E-state index in [9.17, 15) is 23.1 Å². The highest BCUT2D eigenvalue weighted by atomic mass is 35.5. The lowest BCUT2D eigenvalue weighted by Crippen LogP contribution is -2.43. The Hall–Kier alpha value is -1.27. The molecule has 22 heavy (non-hydrogen) atoms. The van der Waals surface area contributed by atoms with Crippen molar-refractivity contribution >= 4 is 17.0 Å². The molecule has 1 heterocycles. The molecule has 1 amide bonds. The van der Waals surface area contributed by atoms with Crippen LogP contribution in [0.3, 0.4) is 0 Å². The number of piperidine rings is 1. The van der Waals surface area contributed by atoms with Crippen LogP contribution in [0, 0.1) is 0 Å². The molecule has 0 saturated carbocycles. The summed E-state index contributed by atoms with van der Waals surface area (Å²) in [6.45, 7) is 4.43. The zero-order valence-electron chi connectivity index (χ0n) is 12.5. The zero-order chi connectivity index (χ0) is 17.0. The second-order valence-corrected chi connectivity index (χ2v) is 5.17. The van der Waals surface area contributed by atoms with Crippen molar-refractivity contribution in [1.29, 1.82) is 0 Å². The van der Waals surface area contributed by atoms with E-state index >= 15 is 0 Å². The molecule has 1 aliphatic rings. The summed E-state index contributed by atoms with van der Waals surface area (Å²) in [6.07, 6.45) is -4.13. The first-order valence-corrected chi connectivity index (χ1v) is 7.45. The first-order chi connectivity index (χ1) is 10.2. The summed E-state index contributed by atoms with van der Waals surface area (Å²) in [5, 5.41) is 9.87. The molecule has 1 aliphatic heterocycles. The van der Waals surface area contributed by atoms with Crippen LogP contribution in [0.15, 0.2) is 24.3 Å². The third-order valence-electron chi connectivity index (χ3n) is 3.57. The lowest BCUT2D eigenvalue weighted by atomic mass is 9.84. The van der Waals surface area contributed by atoms with Gasteiger partial charge in [-0.3, -0.25) is 4.79 Å². The van der Waals surface area contributed by atoms with Gasteiger partial charge in [-0.2, -0.15) is 13.2 Å². The predicted molar refractivity (Wildman–Crippen MR) is 78.7 cm³/mol. The molecule has 7 heteroatoms. The van der Waals surface area contributed by atoms with Crippen molar-refractivity contribution < 1.29 is 23.1 Å².